The van der Waals surface area contributed by atoms with Crippen molar-refractivity contribution in [2.75, 3.05) is 31.6 Å². The van der Waals surface area contributed by atoms with Crippen LogP contribution in [0.4, 0.5) is 5.69 Å². The number of piperidine rings is 1. The largest absolute Gasteiger partial charge is 0.496 e. The number of rotatable bonds is 5. The van der Waals surface area contributed by atoms with Gasteiger partial charge < -0.3 is 14.5 Å². The Morgan fingerprint density at radius 1 is 1.11 bits per heavy atom. The van der Waals surface area contributed by atoms with Crippen molar-refractivity contribution in [2.24, 2.45) is 10.5 Å². The number of aromatic amines is 1. The summed E-state index contributed by atoms with van der Waals surface area (Å²) >= 11 is 0. The van der Waals surface area contributed by atoms with Gasteiger partial charge in [0.05, 0.1) is 18.7 Å². The molecule has 10 heteroatoms. The van der Waals surface area contributed by atoms with E-state index in [9.17, 15) is 9.59 Å². The van der Waals surface area contributed by atoms with E-state index in [-0.39, 0.29) is 17.6 Å². The highest BCUT2D eigenvalue weighted by Crippen LogP contribution is 2.44. The number of anilines is 1. The molecule has 0 radical (unpaired) electrons. The first-order valence-electron chi connectivity index (χ1n) is 11.8. The quantitative estimate of drug-likeness (QED) is 0.289. The van der Waals surface area contributed by atoms with E-state index < -0.39 is 5.41 Å². The van der Waals surface area contributed by atoms with Crippen LogP contribution in [0.25, 0.3) is 11.1 Å². The van der Waals surface area contributed by atoms with E-state index in [4.69, 9.17) is 15.7 Å². The summed E-state index contributed by atoms with van der Waals surface area (Å²) in [7, 11) is 1.62. The zero-order valence-electron chi connectivity index (χ0n) is 20.0. The summed E-state index contributed by atoms with van der Waals surface area (Å²) in [6.45, 7) is 1.69. The Kier molecular flexibility index (Phi) is 6.09. The number of nitrogens with two attached hydrogens (primary N) is 1. The van der Waals surface area contributed by atoms with Gasteiger partial charge in [0, 0.05) is 65.0 Å². The topological polar surface area (TPSA) is 140 Å². The number of likely N-dealkylation sites (tertiary alicyclic amines) is 1. The monoisotopic (exact) mass is 486 g/mol. The SMILES string of the molecule is COc1cc(N2CCC3(CCN(C(=O)c4ccc(C(=N)N=[NH2+])cc4)CC3)C2=O)ccc1-c1cn[nH]c1. The van der Waals surface area contributed by atoms with Gasteiger partial charge >= 0.3 is 0 Å². The van der Waals surface area contributed by atoms with Crippen LogP contribution in [0.2, 0.25) is 0 Å². The summed E-state index contributed by atoms with van der Waals surface area (Å²) in [5.74, 6) is 0.687. The van der Waals surface area contributed by atoms with E-state index >= 15 is 0 Å². The molecular formula is C26H28N7O3+. The first-order chi connectivity index (χ1) is 17.5. The summed E-state index contributed by atoms with van der Waals surface area (Å²) in [5, 5.41) is 17.9. The third kappa shape index (κ3) is 4.04. The molecule has 0 bridgehead atoms. The van der Waals surface area contributed by atoms with Crippen LogP contribution in [0, 0.1) is 10.8 Å². The smallest absolute Gasteiger partial charge is 0.253 e. The van der Waals surface area contributed by atoms with Gasteiger partial charge in [-0.1, -0.05) is 12.1 Å². The molecular weight excluding hydrogens is 458 g/mol. The number of carbonyl (C=O) groups excluding carboxylic acids is 2. The van der Waals surface area contributed by atoms with E-state index in [1.54, 1.807) is 48.7 Å². The highest BCUT2D eigenvalue weighted by atomic mass is 16.5. The lowest BCUT2D eigenvalue weighted by Crippen LogP contribution is -2.46. The standard InChI is InChI=1S/C26H27N7O3/c1-36-22-14-20(6-7-21(22)19-15-29-30-16-19)33-13-10-26(25(33)35)8-11-32(12-9-26)24(34)18-4-2-17(3-5-18)23(27)31-28/h2-7,14-16,27-28H,8-13H2,1H3,(H,29,30)/p+1. The molecule has 0 aliphatic carbocycles. The number of amides is 2. The van der Waals surface area contributed by atoms with Gasteiger partial charge in [-0.2, -0.15) is 10.6 Å². The third-order valence-corrected chi connectivity index (χ3v) is 7.36. The van der Waals surface area contributed by atoms with Gasteiger partial charge in [0.25, 0.3) is 5.91 Å². The van der Waals surface area contributed by atoms with Gasteiger partial charge in [0.15, 0.2) is 0 Å². The fraction of sp³-hybridized carbons (Fsp3) is 0.308. The summed E-state index contributed by atoms with van der Waals surface area (Å²) < 4.78 is 5.60. The van der Waals surface area contributed by atoms with Gasteiger partial charge in [0.1, 0.15) is 5.75 Å². The first kappa shape index (κ1) is 23.4. The molecule has 2 saturated heterocycles. The van der Waals surface area contributed by atoms with Crippen molar-refractivity contribution in [3.63, 3.8) is 0 Å². The van der Waals surface area contributed by atoms with Crippen LogP contribution in [0.5, 0.6) is 5.75 Å². The molecule has 2 aliphatic rings. The molecule has 36 heavy (non-hydrogen) atoms. The van der Waals surface area contributed by atoms with Gasteiger partial charge in [-0.15, -0.1) is 0 Å². The van der Waals surface area contributed by atoms with Crippen LogP contribution in [-0.2, 0) is 4.79 Å². The number of nitrogens with zero attached hydrogens (tertiary/aromatic N) is 4. The Labute approximate surface area is 208 Å². The maximum atomic E-state index is 13.6. The number of hydrogen-bond donors (Lipinski definition) is 3. The zero-order chi connectivity index (χ0) is 25.3. The number of amidine groups is 1. The minimum absolute atomic E-state index is 0.0352. The lowest BCUT2D eigenvalue weighted by Gasteiger charge is -2.38. The maximum absolute atomic E-state index is 13.6. The van der Waals surface area contributed by atoms with E-state index in [2.05, 4.69) is 15.3 Å². The molecule has 10 nitrogen and oxygen atoms in total. The molecule has 2 aliphatic heterocycles. The molecule has 3 aromatic rings. The molecule has 4 N–H and O–H groups in total. The summed E-state index contributed by atoms with van der Waals surface area (Å²) in [6.07, 6.45) is 5.56. The Balaban J connectivity index is 1.27. The second kappa shape index (κ2) is 9.37. The molecule has 1 aromatic heterocycles. The van der Waals surface area contributed by atoms with Gasteiger partial charge in [-0.05, 0) is 43.5 Å². The maximum Gasteiger partial charge on any atom is 0.253 e. The number of methoxy groups -OCH3 is 1. The van der Waals surface area contributed by atoms with E-state index in [1.807, 2.05) is 23.1 Å². The number of carbonyl (C=O) groups is 2. The molecule has 5 rings (SSSR count). The minimum Gasteiger partial charge on any atom is -0.496 e. The van der Waals surface area contributed by atoms with Crippen LogP contribution in [0.15, 0.2) is 60.0 Å². The van der Waals surface area contributed by atoms with E-state index in [0.29, 0.717) is 49.4 Å². The van der Waals surface area contributed by atoms with Crippen molar-refractivity contribution in [2.45, 2.75) is 19.3 Å². The molecule has 0 atom stereocenters. The average molecular weight is 487 g/mol. The Morgan fingerprint density at radius 2 is 1.81 bits per heavy atom. The molecule has 0 saturated carbocycles. The number of benzene rings is 2. The molecule has 2 aromatic carbocycles. The number of hydrogen-bond acceptors (Lipinski definition) is 5. The van der Waals surface area contributed by atoms with Crippen molar-refractivity contribution < 1.29 is 19.9 Å². The van der Waals surface area contributed by atoms with Gasteiger partial charge in [-0.3, -0.25) is 20.1 Å². The highest BCUT2D eigenvalue weighted by Gasteiger charge is 2.49. The predicted molar refractivity (Wildman–Crippen MR) is 133 cm³/mol. The van der Waals surface area contributed by atoms with E-state index in [0.717, 1.165) is 23.2 Å². The zero-order valence-corrected chi connectivity index (χ0v) is 20.0. The first-order valence-corrected chi connectivity index (χ1v) is 11.8. The molecule has 2 amide bonds. The Hall–Kier alpha value is -4.34. The molecule has 184 valence electrons. The van der Waals surface area contributed by atoms with Crippen LogP contribution < -0.4 is 15.2 Å². The average Bonchev–Trinajstić information content (AvgIpc) is 3.57. The lowest BCUT2D eigenvalue weighted by atomic mass is 9.77. The van der Waals surface area contributed by atoms with Gasteiger partial charge in [0.2, 0.25) is 11.7 Å². The molecule has 3 heterocycles. The molecule has 1 spiro atoms. The second-order valence-electron chi connectivity index (χ2n) is 9.21. The van der Waals surface area contributed by atoms with E-state index in [1.165, 1.54) is 0 Å². The normalized spacial score (nSPS) is 16.9. The van der Waals surface area contributed by atoms with Crippen molar-refractivity contribution in [3.05, 3.63) is 66.0 Å². The third-order valence-electron chi connectivity index (χ3n) is 7.36. The summed E-state index contributed by atoms with van der Waals surface area (Å²) in [5.41, 5.74) is 8.45. The predicted octanol–water partition coefficient (Wildman–Crippen LogP) is 2.28. The van der Waals surface area contributed by atoms with Crippen LogP contribution in [-0.4, -0.2) is 59.5 Å². The summed E-state index contributed by atoms with van der Waals surface area (Å²) in [6, 6.07) is 12.5. The number of H-pyrrole nitrogens is 1. The van der Waals surface area contributed by atoms with Gasteiger partial charge in [-0.25, -0.2) is 0 Å². The van der Waals surface area contributed by atoms with Crippen molar-refractivity contribution in [3.8, 4) is 16.9 Å². The number of ether oxygens (including phenoxy) is 1. The highest BCUT2D eigenvalue weighted by molar-refractivity contribution is 6.01. The minimum atomic E-state index is -0.450. The fourth-order valence-electron chi connectivity index (χ4n) is 5.18. The van der Waals surface area contributed by atoms with Crippen molar-refractivity contribution in [1.29, 1.82) is 5.41 Å². The number of aromatic nitrogens is 2. The Bertz CT molecular complexity index is 1310. The van der Waals surface area contributed by atoms with Crippen LogP contribution >= 0.6 is 0 Å². The second-order valence-corrected chi connectivity index (χ2v) is 9.21. The van der Waals surface area contributed by atoms with Crippen molar-refractivity contribution in [1.82, 2.24) is 15.1 Å². The van der Waals surface area contributed by atoms with Crippen LogP contribution in [0.1, 0.15) is 35.2 Å². The fourth-order valence-corrected chi connectivity index (χ4v) is 5.18. The summed E-state index contributed by atoms with van der Waals surface area (Å²) in [4.78, 5) is 30.3. The molecule has 2 fully saturated rings. The number of nitrogens with one attached hydrogen (secondary N) is 2. The Morgan fingerprint density at radius 3 is 2.44 bits per heavy atom. The van der Waals surface area contributed by atoms with Crippen LogP contribution in [0.3, 0.4) is 0 Å². The van der Waals surface area contributed by atoms with Crippen molar-refractivity contribution >= 4 is 23.3 Å². The molecule has 0 unspecified atom stereocenters. The lowest BCUT2D eigenvalue weighted by molar-refractivity contribution is -0.207.